The molecule has 0 amide bonds. The third-order valence-corrected chi connectivity index (χ3v) is 4.34. The maximum atomic E-state index is 13.8. The number of rotatable bonds is 6. The first-order valence-electron chi connectivity index (χ1n) is 8.92. The summed E-state index contributed by atoms with van der Waals surface area (Å²) in [6.07, 6.45) is 2.63. The summed E-state index contributed by atoms with van der Waals surface area (Å²) in [6.45, 7) is 1.80. The zero-order valence-electron chi connectivity index (χ0n) is 16.0. The van der Waals surface area contributed by atoms with Crippen molar-refractivity contribution in [1.29, 1.82) is 0 Å². The summed E-state index contributed by atoms with van der Waals surface area (Å²) in [6, 6.07) is 17.7. The van der Waals surface area contributed by atoms with Crippen LogP contribution in [0.1, 0.15) is 31.8 Å². The van der Waals surface area contributed by atoms with Gasteiger partial charge in [-0.3, -0.25) is 4.79 Å². The number of allylic oxidation sites excluding steroid dienone is 1. The Hall–Kier alpha value is -3.73. The number of esters is 1. The number of ether oxygens (including phenoxy) is 2. The third kappa shape index (κ3) is 4.76. The summed E-state index contributed by atoms with van der Waals surface area (Å²) in [7, 11) is 1.47. The lowest BCUT2D eigenvalue weighted by atomic mass is 10.1. The average molecular weight is 390 g/mol. The first-order chi connectivity index (χ1) is 14.0. The molecule has 0 unspecified atom stereocenters. The van der Waals surface area contributed by atoms with Crippen LogP contribution in [0.4, 0.5) is 4.39 Å². The fourth-order valence-corrected chi connectivity index (χ4v) is 2.74. The SMILES string of the molecule is COc1ccc(C(=O)C=Cc2ccccc2F)c(OC(=O)c2ccccc2C)c1. The fourth-order valence-electron chi connectivity index (χ4n) is 2.74. The molecule has 0 bridgehead atoms. The molecule has 29 heavy (non-hydrogen) atoms. The maximum Gasteiger partial charge on any atom is 0.343 e. The van der Waals surface area contributed by atoms with E-state index in [4.69, 9.17) is 9.47 Å². The first-order valence-corrected chi connectivity index (χ1v) is 8.92. The van der Waals surface area contributed by atoms with Gasteiger partial charge in [-0.05, 0) is 48.9 Å². The zero-order valence-corrected chi connectivity index (χ0v) is 16.0. The highest BCUT2D eigenvalue weighted by atomic mass is 19.1. The third-order valence-electron chi connectivity index (χ3n) is 4.34. The fraction of sp³-hybridized carbons (Fsp3) is 0.0833. The van der Waals surface area contributed by atoms with Crippen molar-refractivity contribution in [3.05, 3.63) is 101 Å². The number of hydrogen-bond donors (Lipinski definition) is 0. The standard InChI is InChI=1S/C24H19FO4/c1-16-7-3-5-9-19(16)24(27)29-23-15-18(28-2)12-13-20(23)22(26)14-11-17-8-4-6-10-21(17)25/h3-15H,1-2H3. The summed E-state index contributed by atoms with van der Waals surface area (Å²) in [5.41, 5.74) is 1.61. The lowest BCUT2D eigenvalue weighted by Gasteiger charge is -2.11. The summed E-state index contributed by atoms with van der Waals surface area (Å²) in [4.78, 5) is 25.3. The molecule has 3 aromatic rings. The highest BCUT2D eigenvalue weighted by Gasteiger charge is 2.17. The van der Waals surface area contributed by atoms with Crippen LogP contribution in [0.25, 0.3) is 6.08 Å². The molecule has 0 aliphatic carbocycles. The lowest BCUT2D eigenvalue weighted by molar-refractivity contribution is 0.0732. The molecule has 0 spiro atoms. The van der Waals surface area contributed by atoms with Crippen LogP contribution in [-0.2, 0) is 0 Å². The number of benzene rings is 3. The van der Waals surface area contributed by atoms with Crippen LogP contribution in [0.3, 0.4) is 0 Å². The van der Waals surface area contributed by atoms with Crippen LogP contribution in [0, 0.1) is 12.7 Å². The van der Waals surface area contributed by atoms with E-state index in [0.29, 0.717) is 11.3 Å². The van der Waals surface area contributed by atoms with Gasteiger partial charge in [0.1, 0.15) is 17.3 Å². The normalized spacial score (nSPS) is 10.7. The molecule has 0 radical (unpaired) electrons. The summed E-state index contributed by atoms with van der Waals surface area (Å²) < 4.78 is 24.4. The molecule has 3 aromatic carbocycles. The van der Waals surface area contributed by atoms with Crippen LogP contribution in [-0.4, -0.2) is 18.9 Å². The smallest absolute Gasteiger partial charge is 0.343 e. The minimum absolute atomic E-state index is 0.0702. The van der Waals surface area contributed by atoms with E-state index < -0.39 is 17.6 Å². The molecule has 0 N–H and O–H groups in total. The van der Waals surface area contributed by atoms with Crippen molar-refractivity contribution in [2.45, 2.75) is 6.92 Å². The molecule has 0 saturated heterocycles. The largest absolute Gasteiger partial charge is 0.497 e. The van der Waals surface area contributed by atoms with Gasteiger partial charge >= 0.3 is 5.97 Å². The minimum atomic E-state index is -0.580. The van der Waals surface area contributed by atoms with Crippen molar-refractivity contribution in [1.82, 2.24) is 0 Å². The van der Waals surface area contributed by atoms with Gasteiger partial charge in [0.05, 0.1) is 18.2 Å². The van der Waals surface area contributed by atoms with E-state index in [-0.39, 0.29) is 16.9 Å². The van der Waals surface area contributed by atoms with Crippen LogP contribution in [0.5, 0.6) is 11.5 Å². The van der Waals surface area contributed by atoms with Gasteiger partial charge in [-0.15, -0.1) is 0 Å². The first kappa shape index (κ1) is 20.0. The molecular weight excluding hydrogens is 371 g/mol. The Kier molecular flexibility index (Phi) is 6.19. The summed E-state index contributed by atoms with van der Waals surface area (Å²) in [5, 5.41) is 0. The van der Waals surface area contributed by atoms with E-state index in [9.17, 15) is 14.0 Å². The van der Waals surface area contributed by atoms with E-state index >= 15 is 0 Å². The van der Waals surface area contributed by atoms with Crippen LogP contribution >= 0.6 is 0 Å². The minimum Gasteiger partial charge on any atom is -0.497 e. The van der Waals surface area contributed by atoms with Crippen molar-refractivity contribution in [3.63, 3.8) is 0 Å². The topological polar surface area (TPSA) is 52.6 Å². The van der Waals surface area contributed by atoms with E-state index in [1.807, 2.05) is 6.07 Å². The number of aryl methyl sites for hydroxylation is 1. The molecule has 0 saturated carbocycles. The van der Waals surface area contributed by atoms with Gasteiger partial charge in [0.25, 0.3) is 0 Å². The second kappa shape index (κ2) is 8.97. The van der Waals surface area contributed by atoms with Gasteiger partial charge in [-0.1, -0.05) is 36.4 Å². The number of hydrogen-bond acceptors (Lipinski definition) is 4. The second-order valence-electron chi connectivity index (χ2n) is 6.29. The van der Waals surface area contributed by atoms with Crippen LogP contribution < -0.4 is 9.47 Å². The van der Waals surface area contributed by atoms with Gasteiger partial charge in [0, 0.05) is 11.6 Å². The van der Waals surface area contributed by atoms with E-state index in [0.717, 1.165) is 5.56 Å². The molecule has 0 aromatic heterocycles. The van der Waals surface area contributed by atoms with Crippen molar-refractivity contribution in [2.75, 3.05) is 7.11 Å². The monoisotopic (exact) mass is 390 g/mol. The zero-order chi connectivity index (χ0) is 20.8. The Balaban J connectivity index is 1.91. The molecule has 4 nitrogen and oxygen atoms in total. The predicted octanol–water partition coefficient (Wildman–Crippen LogP) is 5.26. The maximum absolute atomic E-state index is 13.8. The Morgan fingerprint density at radius 2 is 1.66 bits per heavy atom. The average Bonchev–Trinajstić information content (AvgIpc) is 2.73. The summed E-state index contributed by atoms with van der Waals surface area (Å²) in [5.74, 6) is -0.933. The summed E-state index contributed by atoms with van der Waals surface area (Å²) >= 11 is 0. The van der Waals surface area contributed by atoms with Crippen molar-refractivity contribution < 1.29 is 23.5 Å². The molecule has 5 heteroatoms. The molecule has 0 atom stereocenters. The van der Waals surface area contributed by atoms with Crippen molar-refractivity contribution in [3.8, 4) is 11.5 Å². The highest BCUT2D eigenvalue weighted by Crippen LogP contribution is 2.27. The molecule has 0 fully saturated rings. The number of methoxy groups -OCH3 is 1. The van der Waals surface area contributed by atoms with Crippen LogP contribution in [0.2, 0.25) is 0 Å². The second-order valence-corrected chi connectivity index (χ2v) is 6.29. The van der Waals surface area contributed by atoms with Gasteiger partial charge < -0.3 is 9.47 Å². The van der Waals surface area contributed by atoms with Crippen molar-refractivity contribution in [2.24, 2.45) is 0 Å². The molecule has 146 valence electrons. The number of halogens is 1. The number of carbonyl (C=O) groups is 2. The van der Waals surface area contributed by atoms with Gasteiger partial charge in [0.2, 0.25) is 0 Å². The van der Waals surface area contributed by atoms with Crippen LogP contribution in [0.15, 0.2) is 72.8 Å². The predicted molar refractivity (Wildman–Crippen MR) is 109 cm³/mol. The molecule has 3 rings (SSSR count). The van der Waals surface area contributed by atoms with Gasteiger partial charge in [-0.2, -0.15) is 0 Å². The Labute approximate surface area is 168 Å². The van der Waals surface area contributed by atoms with Crippen molar-refractivity contribution >= 4 is 17.8 Å². The molecule has 0 aliphatic heterocycles. The van der Waals surface area contributed by atoms with E-state index in [1.165, 1.54) is 37.5 Å². The number of carbonyl (C=O) groups excluding carboxylic acids is 2. The van der Waals surface area contributed by atoms with Gasteiger partial charge in [-0.25, -0.2) is 9.18 Å². The molecule has 0 aliphatic rings. The molecular formula is C24H19FO4. The quantitative estimate of drug-likeness (QED) is 0.249. The lowest BCUT2D eigenvalue weighted by Crippen LogP contribution is -2.12. The van der Waals surface area contributed by atoms with Gasteiger partial charge in [0.15, 0.2) is 5.78 Å². The Morgan fingerprint density at radius 1 is 0.931 bits per heavy atom. The number of ketones is 1. The van der Waals surface area contributed by atoms with E-state index in [1.54, 1.807) is 49.4 Å². The highest BCUT2D eigenvalue weighted by molar-refractivity contribution is 6.09. The molecule has 0 heterocycles. The Bertz CT molecular complexity index is 1090. The van der Waals surface area contributed by atoms with E-state index in [2.05, 4.69) is 0 Å². The Morgan fingerprint density at radius 3 is 2.38 bits per heavy atom.